The third-order valence-corrected chi connectivity index (χ3v) is 2.94. The molecule has 0 aliphatic carbocycles. The first-order chi connectivity index (χ1) is 12.8. The Hall–Kier alpha value is -1.28. The first-order valence-electron chi connectivity index (χ1n) is 6.46. The van der Waals surface area contributed by atoms with E-state index in [1.807, 2.05) is 4.74 Å². The van der Waals surface area contributed by atoms with Gasteiger partial charge in [0.05, 0.1) is 6.61 Å². The van der Waals surface area contributed by atoms with Crippen LogP contribution in [0.5, 0.6) is 0 Å². The monoisotopic (exact) mass is 494 g/mol. The van der Waals surface area contributed by atoms with Gasteiger partial charge in [-0.1, -0.05) is 0 Å². The lowest BCUT2D eigenvalue weighted by molar-refractivity contribution is -0.549. The van der Waals surface area contributed by atoms with Crippen molar-refractivity contribution in [2.24, 2.45) is 0 Å². The Labute approximate surface area is 152 Å². The van der Waals surface area contributed by atoms with Crippen molar-refractivity contribution in [1.29, 1.82) is 0 Å². The van der Waals surface area contributed by atoms with E-state index in [1.165, 1.54) is 4.74 Å². The summed E-state index contributed by atoms with van der Waals surface area (Å²) in [6.07, 6.45) is -39.8. The van der Waals surface area contributed by atoms with Gasteiger partial charge in [-0.15, -0.1) is 0 Å². The molecule has 0 radical (unpaired) electrons. The number of ether oxygens (including phenoxy) is 2. The number of aliphatic hydroxyl groups is 2. The molecular formula is C10H6F16O4. The zero-order valence-corrected chi connectivity index (χ0v) is 13.1. The summed E-state index contributed by atoms with van der Waals surface area (Å²) in [6, 6.07) is 0. The zero-order chi connectivity index (χ0) is 24.8. The predicted octanol–water partition coefficient (Wildman–Crippen LogP) is 3.92. The number of hydrogen-bond donors (Lipinski definition) is 2. The fraction of sp³-hybridized carbons (Fsp3) is 1.00. The van der Waals surface area contributed by atoms with Crippen molar-refractivity contribution < 1.29 is 89.9 Å². The molecule has 182 valence electrons. The SMILES string of the molecule is OCC(O)C(F)(OC(F)(F)C(F)(OC(F)(F)C(F)(F)C(F)(F)F)C(F)(F)F)C(F)F. The molecule has 0 aromatic rings. The second kappa shape index (κ2) is 8.01. The van der Waals surface area contributed by atoms with E-state index >= 15 is 0 Å². The van der Waals surface area contributed by atoms with Gasteiger partial charge in [-0.25, -0.2) is 13.2 Å². The van der Waals surface area contributed by atoms with E-state index in [2.05, 4.69) is 0 Å². The van der Waals surface area contributed by atoms with Gasteiger partial charge in [-0.3, -0.25) is 9.47 Å². The van der Waals surface area contributed by atoms with Crippen molar-refractivity contribution in [3.05, 3.63) is 0 Å². The molecule has 0 amide bonds. The minimum absolute atomic E-state index is 1.36. The van der Waals surface area contributed by atoms with Crippen molar-refractivity contribution in [2.75, 3.05) is 6.61 Å². The summed E-state index contributed by atoms with van der Waals surface area (Å²) in [4.78, 5) is 0. The van der Waals surface area contributed by atoms with Crippen LogP contribution in [0.25, 0.3) is 0 Å². The van der Waals surface area contributed by atoms with Crippen LogP contribution in [0.3, 0.4) is 0 Å². The first-order valence-corrected chi connectivity index (χ1v) is 6.46. The van der Waals surface area contributed by atoms with Gasteiger partial charge in [-0.05, 0) is 0 Å². The average molecular weight is 494 g/mol. The Bertz CT molecular complexity index is 588. The lowest BCUT2D eigenvalue weighted by atomic mass is 10.1. The van der Waals surface area contributed by atoms with Crippen molar-refractivity contribution in [1.82, 2.24) is 0 Å². The van der Waals surface area contributed by atoms with E-state index in [0.717, 1.165) is 0 Å². The molecule has 0 saturated heterocycles. The van der Waals surface area contributed by atoms with Crippen molar-refractivity contribution in [3.8, 4) is 0 Å². The molecule has 0 rings (SSSR count). The highest BCUT2D eigenvalue weighted by Gasteiger charge is 2.84. The lowest BCUT2D eigenvalue weighted by Crippen LogP contribution is -2.67. The van der Waals surface area contributed by atoms with Crippen LogP contribution in [0.1, 0.15) is 0 Å². The van der Waals surface area contributed by atoms with Gasteiger partial charge in [0, 0.05) is 0 Å². The standard InChI is InChI=1S/C10H6F16O4/c11-3(12)4(13,2(28)1-27)29-10(25,26)6(16,8(20,21)22)30-9(23,24)5(14,15)7(17,18)19/h2-3,27-28H,1H2. The summed E-state index contributed by atoms with van der Waals surface area (Å²) >= 11 is 0. The maximum Gasteiger partial charge on any atom is 0.462 e. The minimum Gasteiger partial charge on any atom is -0.393 e. The molecule has 0 aromatic carbocycles. The third-order valence-electron chi connectivity index (χ3n) is 2.94. The third kappa shape index (κ3) is 4.79. The number of hydrogen-bond acceptors (Lipinski definition) is 4. The molecule has 0 bridgehead atoms. The summed E-state index contributed by atoms with van der Waals surface area (Å²) in [6.45, 7) is -2.36. The predicted molar refractivity (Wildman–Crippen MR) is 55.9 cm³/mol. The normalized spacial score (nSPS) is 20.1. The molecule has 3 unspecified atom stereocenters. The maximum absolute atomic E-state index is 13.7. The fourth-order valence-electron chi connectivity index (χ4n) is 1.33. The van der Waals surface area contributed by atoms with Crippen LogP contribution >= 0.6 is 0 Å². The van der Waals surface area contributed by atoms with E-state index in [9.17, 15) is 70.2 Å². The summed E-state index contributed by atoms with van der Waals surface area (Å²) < 4.78 is 207. The van der Waals surface area contributed by atoms with E-state index < -0.39 is 61.3 Å². The van der Waals surface area contributed by atoms with Crippen LogP contribution in [0.4, 0.5) is 70.2 Å². The molecule has 0 saturated carbocycles. The summed E-state index contributed by atoms with van der Waals surface area (Å²) in [5.41, 5.74) is 0. The van der Waals surface area contributed by atoms with Crippen LogP contribution in [0.15, 0.2) is 0 Å². The Morgan fingerprint density at radius 2 is 1.03 bits per heavy atom. The summed E-state index contributed by atoms with van der Waals surface area (Å²) in [5, 5.41) is 16.8. The van der Waals surface area contributed by atoms with Crippen LogP contribution in [0, 0.1) is 0 Å². The van der Waals surface area contributed by atoms with Crippen LogP contribution < -0.4 is 0 Å². The molecule has 2 N–H and O–H groups in total. The Morgan fingerprint density at radius 3 is 1.30 bits per heavy atom. The zero-order valence-electron chi connectivity index (χ0n) is 13.1. The lowest BCUT2D eigenvalue weighted by Gasteiger charge is -2.40. The molecule has 0 aromatic heterocycles. The Morgan fingerprint density at radius 1 is 0.633 bits per heavy atom. The number of alkyl halides is 16. The van der Waals surface area contributed by atoms with Crippen LogP contribution in [-0.4, -0.2) is 71.6 Å². The topological polar surface area (TPSA) is 58.9 Å². The second-order valence-electron chi connectivity index (χ2n) is 5.10. The summed E-state index contributed by atoms with van der Waals surface area (Å²) in [5.74, 6) is -21.5. The van der Waals surface area contributed by atoms with Gasteiger partial charge in [0.2, 0.25) is 0 Å². The fourth-order valence-corrected chi connectivity index (χ4v) is 1.33. The van der Waals surface area contributed by atoms with Gasteiger partial charge in [0.1, 0.15) is 6.10 Å². The van der Waals surface area contributed by atoms with E-state index in [-0.39, 0.29) is 0 Å². The van der Waals surface area contributed by atoms with Gasteiger partial charge in [-0.2, -0.15) is 57.1 Å². The smallest absolute Gasteiger partial charge is 0.393 e. The highest BCUT2D eigenvalue weighted by Crippen LogP contribution is 2.56. The quantitative estimate of drug-likeness (QED) is 0.478. The average Bonchev–Trinajstić information content (AvgIpc) is 2.50. The van der Waals surface area contributed by atoms with Gasteiger partial charge in [0.15, 0.2) is 0 Å². The Kier molecular flexibility index (Phi) is 7.66. The van der Waals surface area contributed by atoms with Crippen LogP contribution in [-0.2, 0) is 9.47 Å². The highest BCUT2D eigenvalue weighted by atomic mass is 19.4. The summed E-state index contributed by atoms with van der Waals surface area (Å²) in [7, 11) is 0. The molecule has 0 aliphatic heterocycles. The number of aliphatic hydroxyl groups excluding tert-OH is 2. The molecule has 0 spiro atoms. The molecule has 4 nitrogen and oxygen atoms in total. The first kappa shape index (κ1) is 28.7. The van der Waals surface area contributed by atoms with Gasteiger partial charge < -0.3 is 10.2 Å². The molecule has 3 atom stereocenters. The van der Waals surface area contributed by atoms with E-state index in [4.69, 9.17) is 10.2 Å². The van der Waals surface area contributed by atoms with Gasteiger partial charge in [0.25, 0.3) is 6.43 Å². The molecule has 30 heavy (non-hydrogen) atoms. The van der Waals surface area contributed by atoms with Crippen molar-refractivity contribution >= 4 is 0 Å². The van der Waals surface area contributed by atoms with E-state index in [1.54, 1.807) is 0 Å². The maximum atomic E-state index is 13.7. The van der Waals surface area contributed by atoms with Crippen molar-refractivity contribution in [3.63, 3.8) is 0 Å². The number of halogens is 16. The molecule has 0 aliphatic rings. The largest absolute Gasteiger partial charge is 0.462 e. The number of rotatable bonds is 9. The molecule has 20 heteroatoms. The highest BCUT2D eigenvalue weighted by molar-refractivity contribution is 4.95. The van der Waals surface area contributed by atoms with Gasteiger partial charge >= 0.3 is 42.2 Å². The van der Waals surface area contributed by atoms with E-state index in [0.29, 0.717) is 0 Å². The Balaban J connectivity index is 6.52. The molecule has 0 fully saturated rings. The van der Waals surface area contributed by atoms with Crippen molar-refractivity contribution in [2.45, 2.75) is 54.7 Å². The van der Waals surface area contributed by atoms with Crippen LogP contribution in [0.2, 0.25) is 0 Å². The second-order valence-corrected chi connectivity index (χ2v) is 5.10. The molecule has 0 heterocycles. The molecular weight excluding hydrogens is 488 g/mol. The minimum atomic E-state index is -7.83.